The molecule has 0 spiro atoms. The summed E-state index contributed by atoms with van der Waals surface area (Å²) in [7, 11) is 1.54. The molecular formula is C17H16ClF3N2O2. The molecule has 0 bridgehead atoms. The molecule has 0 fully saturated rings. The Hall–Kier alpha value is -2.41. The summed E-state index contributed by atoms with van der Waals surface area (Å²) in [6, 6.07) is 9.46. The zero-order chi connectivity index (χ0) is 18.6. The Morgan fingerprint density at radius 1 is 1.12 bits per heavy atom. The van der Waals surface area contributed by atoms with Crippen molar-refractivity contribution in [2.75, 3.05) is 17.7 Å². The van der Waals surface area contributed by atoms with Crippen LogP contribution in [0, 0.1) is 0 Å². The van der Waals surface area contributed by atoms with Crippen molar-refractivity contribution in [1.82, 2.24) is 0 Å². The molecule has 0 aromatic heterocycles. The van der Waals surface area contributed by atoms with E-state index in [1.54, 1.807) is 38.3 Å². The van der Waals surface area contributed by atoms with Crippen molar-refractivity contribution in [2.24, 2.45) is 0 Å². The lowest BCUT2D eigenvalue weighted by molar-refractivity contribution is -0.137. The van der Waals surface area contributed by atoms with Crippen molar-refractivity contribution in [3.05, 3.63) is 53.1 Å². The number of anilines is 2. The second-order valence-corrected chi connectivity index (χ2v) is 5.68. The predicted molar refractivity (Wildman–Crippen MR) is 91.2 cm³/mol. The number of hydrogen-bond donors (Lipinski definition) is 2. The van der Waals surface area contributed by atoms with Gasteiger partial charge in [-0.1, -0.05) is 11.6 Å². The number of amides is 1. The first-order valence-corrected chi connectivity index (χ1v) is 7.66. The van der Waals surface area contributed by atoms with E-state index in [4.69, 9.17) is 16.3 Å². The fourth-order valence-corrected chi connectivity index (χ4v) is 2.30. The number of benzene rings is 2. The van der Waals surface area contributed by atoms with Crippen LogP contribution in [0.2, 0.25) is 5.02 Å². The molecule has 0 saturated heterocycles. The van der Waals surface area contributed by atoms with E-state index in [9.17, 15) is 18.0 Å². The lowest BCUT2D eigenvalue weighted by Crippen LogP contribution is -2.31. The third-order valence-electron chi connectivity index (χ3n) is 3.41. The van der Waals surface area contributed by atoms with E-state index in [0.29, 0.717) is 11.4 Å². The number of carbonyl (C=O) groups excluding carboxylic acids is 1. The summed E-state index contributed by atoms with van der Waals surface area (Å²) in [5.74, 6) is 0.190. The summed E-state index contributed by atoms with van der Waals surface area (Å²) < 4.78 is 43.6. The number of rotatable bonds is 5. The van der Waals surface area contributed by atoms with Gasteiger partial charge in [0.15, 0.2) is 0 Å². The van der Waals surface area contributed by atoms with E-state index in [2.05, 4.69) is 10.6 Å². The van der Waals surface area contributed by atoms with E-state index >= 15 is 0 Å². The Morgan fingerprint density at radius 3 is 2.28 bits per heavy atom. The number of ether oxygens (including phenoxy) is 1. The van der Waals surface area contributed by atoms with Gasteiger partial charge in [0, 0.05) is 11.4 Å². The minimum Gasteiger partial charge on any atom is -0.497 e. The molecule has 2 N–H and O–H groups in total. The van der Waals surface area contributed by atoms with Crippen molar-refractivity contribution in [3.63, 3.8) is 0 Å². The van der Waals surface area contributed by atoms with Gasteiger partial charge in [0.25, 0.3) is 0 Å². The van der Waals surface area contributed by atoms with E-state index in [-0.39, 0.29) is 5.69 Å². The highest BCUT2D eigenvalue weighted by atomic mass is 35.5. The summed E-state index contributed by atoms with van der Waals surface area (Å²) in [4.78, 5) is 12.2. The highest BCUT2D eigenvalue weighted by Crippen LogP contribution is 2.36. The first-order chi connectivity index (χ1) is 11.7. The van der Waals surface area contributed by atoms with Crippen LogP contribution in [-0.2, 0) is 11.0 Å². The van der Waals surface area contributed by atoms with Crippen LogP contribution in [-0.4, -0.2) is 19.1 Å². The summed E-state index contributed by atoms with van der Waals surface area (Å²) in [5.41, 5.74) is -0.302. The van der Waals surface area contributed by atoms with Gasteiger partial charge in [-0.05, 0) is 49.4 Å². The number of nitrogens with one attached hydrogen (secondary N) is 2. The number of methoxy groups -OCH3 is 1. The van der Waals surface area contributed by atoms with Crippen LogP contribution in [0.4, 0.5) is 24.5 Å². The van der Waals surface area contributed by atoms with Gasteiger partial charge in [-0.25, -0.2) is 0 Å². The van der Waals surface area contributed by atoms with Crippen molar-refractivity contribution in [2.45, 2.75) is 19.1 Å². The van der Waals surface area contributed by atoms with Crippen LogP contribution >= 0.6 is 11.6 Å². The Balaban J connectivity index is 2.05. The van der Waals surface area contributed by atoms with Gasteiger partial charge in [-0.2, -0.15) is 13.2 Å². The molecule has 0 heterocycles. The van der Waals surface area contributed by atoms with Crippen LogP contribution in [0.15, 0.2) is 42.5 Å². The minimum absolute atomic E-state index is 0.0186. The summed E-state index contributed by atoms with van der Waals surface area (Å²) >= 11 is 5.56. The van der Waals surface area contributed by atoms with Gasteiger partial charge in [0.1, 0.15) is 11.8 Å². The quantitative estimate of drug-likeness (QED) is 0.792. The van der Waals surface area contributed by atoms with Crippen LogP contribution in [0.1, 0.15) is 12.5 Å². The zero-order valence-corrected chi connectivity index (χ0v) is 14.2. The maximum atomic E-state index is 12.9. The van der Waals surface area contributed by atoms with Crippen molar-refractivity contribution in [3.8, 4) is 5.75 Å². The lowest BCUT2D eigenvalue weighted by Gasteiger charge is -2.17. The Bertz CT molecular complexity index is 749. The third kappa shape index (κ3) is 5.03. The standard InChI is InChI=1S/C17H16ClF3N2O2/c1-10(22-11-3-6-13(25-2)7-4-11)16(24)23-12-5-8-15(18)14(9-12)17(19,20)21/h3-10,22H,1-2H3,(H,23,24)/t10-/m0/s1. The van der Waals surface area contributed by atoms with Crippen molar-refractivity contribution in [1.29, 1.82) is 0 Å². The predicted octanol–water partition coefficient (Wildman–Crippen LogP) is 4.81. The van der Waals surface area contributed by atoms with Crippen molar-refractivity contribution >= 4 is 28.9 Å². The highest BCUT2D eigenvalue weighted by Gasteiger charge is 2.33. The smallest absolute Gasteiger partial charge is 0.417 e. The largest absolute Gasteiger partial charge is 0.497 e. The van der Waals surface area contributed by atoms with E-state index in [0.717, 1.165) is 12.1 Å². The van der Waals surface area contributed by atoms with Gasteiger partial charge in [0.2, 0.25) is 5.91 Å². The van der Waals surface area contributed by atoms with Gasteiger partial charge >= 0.3 is 6.18 Å². The van der Waals surface area contributed by atoms with E-state index < -0.39 is 28.7 Å². The van der Waals surface area contributed by atoms with Crippen LogP contribution < -0.4 is 15.4 Å². The average Bonchev–Trinajstić information content (AvgIpc) is 2.56. The second-order valence-electron chi connectivity index (χ2n) is 5.28. The average molecular weight is 373 g/mol. The molecule has 8 heteroatoms. The van der Waals surface area contributed by atoms with Crippen LogP contribution in [0.3, 0.4) is 0 Å². The van der Waals surface area contributed by atoms with Crippen LogP contribution in [0.5, 0.6) is 5.75 Å². The van der Waals surface area contributed by atoms with Gasteiger partial charge in [-0.3, -0.25) is 4.79 Å². The van der Waals surface area contributed by atoms with E-state index in [1.165, 1.54) is 6.07 Å². The molecule has 0 saturated carbocycles. The second kappa shape index (κ2) is 7.65. The van der Waals surface area contributed by atoms with Crippen LogP contribution in [0.25, 0.3) is 0 Å². The fourth-order valence-electron chi connectivity index (χ4n) is 2.07. The maximum Gasteiger partial charge on any atom is 0.417 e. The molecule has 4 nitrogen and oxygen atoms in total. The fraction of sp³-hybridized carbons (Fsp3) is 0.235. The maximum absolute atomic E-state index is 12.9. The van der Waals surface area contributed by atoms with Gasteiger partial charge in [-0.15, -0.1) is 0 Å². The molecule has 0 aliphatic heterocycles. The zero-order valence-electron chi connectivity index (χ0n) is 13.4. The topological polar surface area (TPSA) is 50.4 Å². The Labute approximate surface area is 147 Å². The Kier molecular flexibility index (Phi) is 5.79. The first-order valence-electron chi connectivity index (χ1n) is 7.29. The molecule has 0 aliphatic rings. The third-order valence-corrected chi connectivity index (χ3v) is 3.74. The highest BCUT2D eigenvalue weighted by molar-refractivity contribution is 6.31. The molecule has 25 heavy (non-hydrogen) atoms. The SMILES string of the molecule is COc1ccc(N[C@@H](C)C(=O)Nc2ccc(Cl)c(C(F)(F)F)c2)cc1. The molecule has 2 rings (SSSR count). The summed E-state index contributed by atoms with van der Waals surface area (Å²) in [5, 5.41) is 4.97. The monoisotopic (exact) mass is 372 g/mol. The Morgan fingerprint density at radius 2 is 1.72 bits per heavy atom. The molecule has 0 aliphatic carbocycles. The minimum atomic E-state index is -4.59. The van der Waals surface area contributed by atoms with E-state index in [1.807, 2.05) is 0 Å². The number of halogens is 4. The van der Waals surface area contributed by atoms with Gasteiger partial charge < -0.3 is 15.4 Å². The number of carbonyl (C=O) groups is 1. The number of hydrogen-bond acceptors (Lipinski definition) is 3. The lowest BCUT2D eigenvalue weighted by atomic mass is 10.2. The molecule has 1 amide bonds. The molecule has 2 aromatic carbocycles. The molecule has 0 unspecified atom stereocenters. The van der Waals surface area contributed by atoms with Crippen molar-refractivity contribution < 1.29 is 22.7 Å². The molecule has 2 aromatic rings. The normalized spacial score (nSPS) is 12.4. The van der Waals surface area contributed by atoms with Gasteiger partial charge in [0.05, 0.1) is 17.7 Å². The summed E-state index contributed by atoms with van der Waals surface area (Å²) in [6.07, 6.45) is -4.59. The summed E-state index contributed by atoms with van der Waals surface area (Å²) in [6.45, 7) is 1.60. The molecule has 1 atom stereocenters. The number of alkyl halides is 3. The molecule has 134 valence electrons. The molecular weight excluding hydrogens is 357 g/mol. The first kappa shape index (κ1) is 18.9. The molecule has 0 radical (unpaired) electrons.